The van der Waals surface area contributed by atoms with Gasteiger partial charge in [0.05, 0.1) is 6.10 Å². The molecule has 0 bridgehead atoms. The van der Waals surface area contributed by atoms with Crippen molar-refractivity contribution in [1.29, 1.82) is 0 Å². The molecule has 78 valence electrons. The van der Waals surface area contributed by atoms with Gasteiger partial charge in [0.15, 0.2) is 0 Å². The number of rotatable bonds is 3. The maximum absolute atomic E-state index is 9.50. The lowest BCUT2D eigenvalue weighted by atomic mass is 9.93. The number of hydrogen-bond acceptors (Lipinski definition) is 3. The average molecular weight is 211 g/mol. The number of nitrogens with one attached hydrogen (secondary N) is 1. The number of aliphatic hydroxyl groups is 1. The zero-order chi connectivity index (χ0) is 9.80. The molecule has 1 aromatic heterocycles. The van der Waals surface area contributed by atoms with Crippen molar-refractivity contribution >= 4 is 11.3 Å². The molecule has 1 aromatic rings. The van der Waals surface area contributed by atoms with E-state index in [0.29, 0.717) is 6.04 Å². The second kappa shape index (κ2) is 4.91. The van der Waals surface area contributed by atoms with Gasteiger partial charge in [-0.3, -0.25) is 0 Å². The Morgan fingerprint density at radius 3 is 3.14 bits per heavy atom. The van der Waals surface area contributed by atoms with Crippen molar-refractivity contribution in [3.8, 4) is 0 Å². The third kappa shape index (κ3) is 2.80. The van der Waals surface area contributed by atoms with Crippen LogP contribution in [0.15, 0.2) is 16.8 Å². The van der Waals surface area contributed by atoms with E-state index in [9.17, 15) is 5.11 Å². The lowest BCUT2D eigenvalue weighted by Gasteiger charge is -2.26. The van der Waals surface area contributed by atoms with Crippen LogP contribution >= 0.6 is 11.3 Å². The van der Waals surface area contributed by atoms with E-state index in [1.807, 2.05) is 0 Å². The van der Waals surface area contributed by atoms with E-state index in [2.05, 4.69) is 22.1 Å². The zero-order valence-corrected chi connectivity index (χ0v) is 9.09. The fraction of sp³-hybridized carbons (Fsp3) is 0.636. The summed E-state index contributed by atoms with van der Waals surface area (Å²) in [5.74, 6) is 0. The normalized spacial score (nSPS) is 27.8. The topological polar surface area (TPSA) is 32.3 Å². The largest absolute Gasteiger partial charge is 0.393 e. The first-order valence-corrected chi connectivity index (χ1v) is 6.21. The van der Waals surface area contributed by atoms with Gasteiger partial charge in [-0.1, -0.05) is 0 Å². The van der Waals surface area contributed by atoms with Crippen molar-refractivity contribution in [3.05, 3.63) is 22.4 Å². The van der Waals surface area contributed by atoms with Crippen molar-refractivity contribution in [3.63, 3.8) is 0 Å². The molecule has 1 heterocycles. The van der Waals surface area contributed by atoms with Crippen LogP contribution in [0.2, 0.25) is 0 Å². The Labute approximate surface area is 89.0 Å². The van der Waals surface area contributed by atoms with E-state index in [1.54, 1.807) is 11.3 Å². The highest BCUT2D eigenvalue weighted by Gasteiger charge is 2.19. The van der Waals surface area contributed by atoms with E-state index in [1.165, 1.54) is 12.0 Å². The smallest absolute Gasteiger partial charge is 0.0555 e. The first-order chi connectivity index (χ1) is 6.84. The quantitative estimate of drug-likeness (QED) is 0.803. The summed E-state index contributed by atoms with van der Waals surface area (Å²) in [5.41, 5.74) is 1.36. The highest BCUT2D eigenvalue weighted by molar-refractivity contribution is 7.07. The van der Waals surface area contributed by atoms with Gasteiger partial charge in [0.25, 0.3) is 0 Å². The van der Waals surface area contributed by atoms with Crippen LogP contribution in [0.25, 0.3) is 0 Å². The minimum absolute atomic E-state index is 0.0799. The van der Waals surface area contributed by atoms with Crippen molar-refractivity contribution in [2.45, 2.75) is 44.4 Å². The number of thiophene rings is 1. The molecule has 0 amide bonds. The molecule has 1 aliphatic carbocycles. The summed E-state index contributed by atoms with van der Waals surface area (Å²) in [7, 11) is 0. The van der Waals surface area contributed by atoms with Gasteiger partial charge in [-0.25, -0.2) is 0 Å². The lowest BCUT2D eigenvalue weighted by Crippen LogP contribution is -2.35. The Hall–Kier alpha value is -0.380. The molecule has 0 spiro atoms. The van der Waals surface area contributed by atoms with Gasteiger partial charge < -0.3 is 10.4 Å². The van der Waals surface area contributed by atoms with Crippen LogP contribution in [-0.2, 0) is 6.54 Å². The summed E-state index contributed by atoms with van der Waals surface area (Å²) in [6, 6.07) is 2.66. The summed E-state index contributed by atoms with van der Waals surface area (Å²) in [6.07, 6.45) is 4.19. The first kappa shape index (κ1) is 10.1. The van der Waals surface area contributed by atoms with Gasteiger partial charge in [0.1, 0.15) is 0 Å². The van der Waals surface area contributed by atoms with Gasteiger partial charge >= 0.3 is 0 Å². The Kier molecular flexibility index (Phi) is 3.56. The molecule has 0 radical (unpaired) electrons. The summed E-state index contributed by atoms with van der Waals surface area (Å²) in [6.45, 7) is 0.945. The molecule has 14 heavy (non-hydrogen) atoms. The van der Waals surface area contributed by atoms with Crippen LogP contribution in [0, 0.1) is 0 Å². The monoisotopic (exact) mass is 211 g/mol. The van der Waals surface area contributed by atoms with Crippen LogP contribution in [0.4, 0.5) is 0 Å². The highest BCUT2D eigenvalue weighted by Crippen LogP contribution is 2.18. The molecule has 2 unspecified atom stereocenters. The molecule has 2 nitrogen and oxygen atoms in total. The van der Waals surface area contributed by atoms with Crippen molar-refractivity contribution in [2.24, 2.45) is 0 Å². The van der Waals surface area contributed by atoms with E-state index < -0.39 is 0 Å². The van der Waals surface area contributed by atoms with Crippen LogP contribution in [-0.4, -0.2) is 17.3 Å². The Morgan fingerprint density at radius 2 is 2.43 bits per heavy atom. The van der Waals surface area contributed by atoms with E-state index in [0.717, 1.165) is 25.8 Å². The SMILES string of the molecule is OC1CCCC(NCc2ccsc2)C1. The molecule has 3 heteroatoms. The van der Waals surface area contributed by atoms with Crippen LogP contribution in [0.1, 0.15) is 31.2 Å². The van der Waals surface area contributed by atoms with E-state index in [-0.39, 0.29) is 6.10 Å². The summed E-state index contributed by atoms with van der Waals surface area (Å²) < 4.78 is 0. The maximum Gasteiger partial charge on any atom is 0.0555 e. The third-order valence-electron chi connectivity index (χ3n) is 2.82. The molecule has 0 aromatic carbocycles. The third-order valence-corrected chi connectivity index (χ3v) is 3.55. The summed E-state index contributed by atoms with van der Waals surface area (Å²) >= 11 is 1.74. The zero-order valence-electron chi connectivity index (χ0n) is 8.28. The predicted octanol–water partition coefficient (Wildman–Crippen LogP) is 2.14. The van der Waals surface area contributed by atoms with Gasteiger partial charge in [-0.15, -0.1) is 0 Å². The Bertz CT molecular complexity index is 260. The standard InChI is InChI=1S/C11H17NOS/c13-11-3-1-2-10(6-11)12-7-9-4-5-14-8-9/h4-5,8,10-13H,1-3,6-7H2. The summed E-state index contributed by atoms with van der Waals surface area (Å²) in [5, 5.41) is 17.3. The van der Waals surface area contributed by atoms with Gasteiger partial charge in [-0.05, 0) is 48.1 Å². The Morgan fingerprint density at radius 1 is 1.50 bits per heavy atom. The number of aliphatic hydroxyl groups excluding tert-OH is 1. The minimum atomic E-state index is -0.0799. The highest BCUT2D eigenvalue weighted by atomic mass is 32.1. The van der Waals surface area contributed by atoms with Gasteiger partial charge in [0.2, 0.25) is 0 Å². The molecule has 2 atom stereocenters. The van der Waals surface area contributed by atoms with Gasteiger partial charge in [-0.2, -0.15) is 11.3 Å². The van der Waals surface area contributed by atoms with Crippen molar-refractivity contribution in [1.82, 2.24) is 5.32 Å². The minimum Gasteiger partial charge on any atom is -0.393 e. The van der Waals surface area contributed by atoms with Crippen LogP contribution in [0.5, 0.6) is 0 Å². The predicted molar refractivity (Wildman–Crippen MR) is 59.4 cm³/mol. The molecule has 0 aliphatic heterocycles. The molecule has 1 fully saturated rings. The molecule has 2 N–H and O–H groups in total. The molecular weight excluding hydrogens is 194 g/mol. The lowest BCUT2D eigenvalue weighted by molar-refractivity contribution is 0.111. The van der Waals surface area contributed by atoms with E-state index >= 15 is 0 Å². The second-order valence-corrected chi connectivity index (χ2v) is 4.81. The number of hydrogen-bond donors (Lipinski definition) is 2. The molecule has 1 saturated carbocycles. The first-order valence-electron chi connectivity index (χ1n) is 5.27. The van der Waals surface area contributed by atoms with Crippen molar-refractivity contribution < 1.29 is 5.11 Å². The van der Waals surface area contributed by atoms with Crippen molar-refractivity contribution in [2.75, 3.05) is 0 Å². The molecular formula is C11H17NOS. The molecule has 2 rings (SSSR count). The van der Waals surface area contributed by atoms with Crippen LogP contribution < -0.4 is 5.32 Å². The second-order valence-electron chi connectivity index (χ2n) is 4.03. The molecule has 1 aliphatic rings. The summed E-state index contributed by atoms with van der Waals surface area (Å²) in [4.78, 5) is 0. The van der Waals surface area contributed by atoms with Gasteiger partial charge in [0, 0.05) is 12.6 Å². The Balaban J connectivity index is 1.75. The maximum atomic E-state index is 9.50. The van der Waals surface area contributed by atoms with E-state index in [4.69, 9.17) is 0 Å². The average Bonchev–Trinajstić information content (AvgIpc) is 2.67. The fourth-order valence-electron chi connectivity index (χ4n) is 2.00. The molecule has 0 saturated heterocycles. The fourth-order valence-corrected chi connectivity index (χ4v) is 2.67. The van der Waals surface area contributed by atoms with Crippen LogP contribution in [0.3, 0.4) is 0 Å².